The van der Waals surface area contributed by atoms with Crippen molar-refractivity contribution in [2.75, 3.05) is 10.2 Å². The fraction of sp³-hybridized carbons (Fsp3) is 0.115. The SMILES string of the molecule is CC(=O)c1ccc(NC(=O)C(C)OC(=O)c2ccc(N3C(=O)c4ccccc4C3=O)cc2)cc1. The molecule has 1 unspecified atom stereocenters. The molecule has 0 aromatic heterocycles. The Labute approximate surface area is 195 Å². The number of imide groups is 1. The summed E-state index contributed by atoms with van der Waals surface area (Å²) < 4.78 is 5.24. The summed E-state index contributed by atoms with van der Waals surface area (Å²) in [5, 5.41) is 2.62. The van der Waals surface area contributed by atoms with Crippen LogP contribution < -0.4 is 10.2 Å². The molecule has 0 saturated heterocycles. The zero-order valence-electron chi connectivity index (χ0n) is 18.4. The molecule has 1 heterocycles. The van der Waals surface area contributed by atoms with Crippen LogP contribution in [0.4, 0.5) is 11.4 Å². The largest absolute Gasteiger partial charge is 0.449 e. The molecule has 170 valence electrons. The van der Waals surface area contributed by atoms with Crippen molar-refractivity contribution in [3.63, 3.8) is 0 Å². The number of hydrogen-bond acceptors (Lipinski definition) is 6. The number of ether oxygens (including phenoxy) is 1. The number of esters is 1. The number of carbonyl (C=O) groups excluding carboxylic acids is 5. The van der Waals surface area contributed by atoms with E-state index < -0.39 is 29.8 Å². The van der Waals surface area contributed by atoms with Gasteiger partial charge in [0.2, 0.25) is 0 Å². The molecule has 34 heavy (non-hydrogen) atoms. The Kier molecular flexibility index (Phi) is 6.05. The molecule has 8 heteroatoms. The highest BCUT2D eigenvalue weighted by molar-refractivity contribution is 6.34. The van der Waals surface area contributed by atoms with Crippen LogP contribution in [-0.2, 0) is 9.53 Å². The van der Waals surface area contributed by atoms with E-state index in [9.17, 15) is 24.0 Å². The van der Waals surface area contributed by atoms with Crippen molar-refractivity contribution in [2.45, 2.75) is 20.0 Å². The summed E-state index contributed by atoms with van der Waals surface area (Å²) in [4.78, 5) is 62.4. The number of benzene rings is 3. The molecule has 1 atom stereocenters. The Morgan fingerprint density at radius 1 is 0.794 bits per heavy atom. The van der Waals surface area contributed by atoms with Gasteiger partial charge in [0, 0.05) is 11.3 Å². The van der Waals surface area contributed by atoms with E-state index in [2.05, 4.69) is 5.32 Å². The van der Waals surface area contributed by atoms with E-state index in [0.717, 1.165) is 4.90 Å². The summed E-state index contributed by atoms with van der Waals surface area (Å²) >= 11 is 0. The van der Waals surface area contributed by atoms with Crippen LogP contribution in [0.5, 0.6) is 0 Å². The summed E-state index contributed by atoms with van der Waals surface area (Å²) in [6.07, 6.45) is -1.09. The van der Waals surface area contributed by atoms with E-state index in [1.165, 1.54) is 38.1 Å². The number of nitrogens with zero attached hydrogens (tertiary/aromatic N) is 1. The quantitative estimate of drug-likeness (QED) is 0.343. The number of anilines is 2. The Balaban J connectivity index is 1.39. The highest BCUT2D eigenvalue weighted by Gasteiger charge is 2.36. The van der Waals surface area contributed by atoms with E-state index in [-0.39, 0.29) is 11.3 Å². The summed E-state index contributed by atoms with van der Waals surface area (Å²) in [6.45, 7) is 2.88. The van der Waals surface area contributed by atoms with Gasteiger partial charge in [0.1, 0.15) is 0 Å². The molecule has 1 N–H and O–H groups in total. The van der Waals surface area contributed by atoms with E-state index in [1.54, 1.807) is 48.5 Å². The van der Waals surface area contributed by atoms with E-state index in [0.29, 0.717) is 28.1 Å². The Morgan fingerprint density at radius 2 is 1.32 bits per heavy atom. The Morgan fingerprint density at radius 3 is 1.85 bits per heavy atom. The molecule has 0 radical (unpaired) electrons. The van der Waals surface area contributed by atoms with Gasteiger partial charge in [-0.25, -0.2) is 9.69 Å². The zero-order chi connectivity index (χ0) is 24.4. The number of amides is 3. The van der Waals surface area contributed by atoms with Crippen molar-refractivity contribution in [1.82, 2.24) is 0 Å². The summed E-state index contributed by atoms with van der Waals surface area (Å²) in [6, 6.07) is 18.7. The lowest BCUT2D eigenvalue weighted by Gasteiger charge is -2.16. The molecule has 3 aromatic rings. The third kappa shape index (κ3) is 4.33. The van der Waals surface area contributed by atoms with Gasteiger partial charge < -0.3 is 10.1 Å². The van der Waals surface area contributed by atoms with Crippen molar-refractivity contribution >= 4 is 40.8 Å². The maximum absolute atomic E-state index is 12.6. The maximum atomic E-state index is 12.6. The first-order valence-electron chi connectivity index (χ1n) is 10.5. The van der Waals surface area contributed by atoms with Crippen LogP contribution in [0.3, 0.4) is 0 Å². The standard InChI is InChI=1S/C26H20N2O6/c1-15(29)17-7-11-19(12-8-17)27-23(30)16(2)34-26(33)18-9-13-20(14-10-18)28-24(31)21-5-3-4-6-22(21)25(28)32/h3-14,16H,1-2H3,(H,27,30). The minimum absolute atomic E-state index is 0.0887. The number of fused-ring (bicyclic) bond motifs is 1. The second-order valence-electron chi connectivity index (χ2n) is 7.71. The predicted octanol–water partition coefficient (Wildman–Crippen LogP) is 3.87. The lowest BCUT2D eigenvalue weighted by atomic mass is 10.1. The van der Waals surface area contributed by atoms with Crippen molar-refractivity contribution in [1.29, 1.82) is 0 Å². The number of carbonyl (C=O) groups is 5. The van der Waals surface area contributed by atoms with Crippen molar-refractivity contribution in [2.24, 2.45) is 0 Å². The van der Waals surface area contributed by atoms with E-state index in [4.69, 9.17) is 4.74 Å². The van der Waals surface area contributed by atoms with E-state index in [1.807, 2.05) is 0 Å². The van der Waals surface area contributed by atoms with Gasteiger partial charge in [0.05, 0.1) is 22.4 Å². The zero-order valence-corrected chi connectivity index (χ0v) is 18.4. The molecule has 4 rings (SSSR count). The average molecular weight is 456 g/mol. The van der Waals surface area contributed by atoms with Crippen molar-refractivity contribution in [3.05, 3.63) is 95.1 Å². The third-order valence-electron chi connectivity index (χ3n) is 5.37. The van der Waals surface area contributed by atoms with Gasteiger partial charge in [0.25, 0.3) is 17.7 Å². The predicted molar refractivity (Wildman–Crippen MR) is 124 cm³/mol. The van der Waals surface area contributed by atoms with Crippen LogP contribution in [0.1, 0.15) is 55.3 Å². The molecule has 1 aliphatic rings. The van der Waals surface area contributed by atoms with Gasteiger partial charge in [-0.3, -0.25) is 19.2 Å². The smallest absolute Gasteiger partial charge is 0.338 e. The van der Waals surface area contributed by atoms with Crippen LogP contribution in [-0.4, -0.2) is 35.6 Å². The molecular weight excluding hydrogens is 436 g/mol. The average Bonchev–Trinajstić information content (AvgIpc) is 3.09. The van der Waals surface area contributed by atoms with Crippen LogP contribution in [0.25, 0.3) is 0 Å². The lowest BCUT2D eigenvalue weighted by Crippen LogP contribution is -2.30. The summed E-state index contributed by atoms with van der Waals surface area (Å²) in [5.41, 5.74) is 2.11. The number of hydrogen-bond donors (Lipinski definition) is 1. The molecule has 3 aromatic carbocycles. The fourth-order valence-corrected chi connectivity index (χ4v) is 3.48. The number of rotatable bonds is 6. The highest BCUT2D eigenvalue weighted by Crippen LogP contribution is 2.28. The fourth-order valence-electron chi connectivity index (χ4n) is 3.48. The lowest BCUT2D eigenvalue weighted by molar-refractivity contribution is -0.123. The minimum atomic E-state index is -1.09. The van der Waals surface area contributed by atoms with Crippen LogP contribution >= 0.6 is 0 Å². The molecule has 3 amide bonds. The monoisotopic (exact) mass is 456 g/mol. The summed E-state index contributed by atoms with van der Waals surface area (Å²) in [5.74, 6) is -2.22. The molecule has 0 fully saturated rings. The first kappa shape index (κ1) is 22.6. The van der Waals surface area contributed by atoms with Crippen molar-refractivity contribution < 1.29 is 28.7 Å². The Hall–Kier alpha value is -4.59. The molecule has 0 aliphatic carbocycles. The first-order chi connectivity index (χ1) is 16.3. The van der Waals surface area contributed by atoms with Gasteiger partial charge >= 0.3 is 5.97 Å². The normalized spacial score (nSPS) is 13.3. The molecule has 8 nitrogen and oxygen atoms in total. The number of Topliss-reactive ketones (excluding diaryl/α,β-unsaturated/α-hetero) is 1. The number of nitrogens with one attached hydrogen (secondary N) is 1. The van der Waals surface area contributed by atoms with Crippen LogP contribution in [0.2, 0.25) is 0 Å². The van der Waals surface area contributed by atoms with Crippen LogP contribution in [0, 0.1) is 0 Å². The molecule has 0 spiro atoms. The van der Waals surface area contributed by atoms with Gasteiger partial charge in [0.15, 0.2) is 11.9 Å². The number of ketones is 1. The van der Waals surface area contributed by atoms with Gasteiger partial charge in [-0.15, -0.1) is 0 Å². The van der Waals surface area contributed by atoms with Gasteiger partial charge in [-0.1, -0.05) is 12.1 Å². The molecule has 1 aliphatic heterocycles. The topological polar surface area (TPSA) is 110 Å². The molecule has 0 saturated carbocycles. The summed E-state index contributed by atoms with van der Waals surface area (Å²) in [7, 11) is 0. The molecular formula is C26H20N2O6. The van der Waals surface area contributed by atoms with E-state index >= 15 is 0 Å². The first-order valence-corrected chi connectivity index (χ1v) is 10.5. The second-order valence-corrected chi connectivity index (χ2v) is 7.71. The minimum Gasteiger partial charge on any atom is -0.449 e. The van der Waals surface area contributed by atoms with Crippen molar-refractivity contribution in [3.8, 4) is 0 Å². The second kappa shape index (κ2) is 9.11. The van der Waals surface area contributed by atoms with Gasteiger partial charge in [-0.05, 0) is 74.5 Å². The maximum Gasteiger partial charge on any atom is 0.338 e. The third-order valence-corrected chi connectivity index (χ3v) is 5.37. The van der Waals surface area contributed by atoms with Crippen LogP contribution in [0.15, 0.2) is 72.8 Å². The van der Waals surface area contributed by atoms with Gasteiger partial charge in [-0.2, -0.15) is 0 Å². The molecule has 0 bridgehead atoms. The Bertz CT molecular complexity index is 1280. The highest BCUT2D eigenvalue weighted by atomic mass is 16.5.